The molecule has 0 saturated carbocycles. The lowest BCUT2D eigenvalue weighted by molar-refractivity contribution is -0.130. The molecule has 0 bridgehead atoms. The molecule has 0 radical (unpaired) electrons. The fourth-order valence-corrected chi connectivity index (χ4v) is 4.07. The summed E-state index contributed by atoms with van der Waals surface area (Å²) >= 11 is 11.6. The number of benzene rings is 2. The summed E-state index contributed by atoms with van der Waals surface area (Å²) in [7, 11) is -1.25. The molecule has 9 heteroatoms. The van der Waals surface area contributed by atoms with Crippen LogP contribution in [0.1, 0.15) is 11.6 Å². The zero-order chi connectivity index (χ0) is 18.8. The van der Waals surface area contributed by atoms with Crippen molar-refractivity contribution in [3.8, 4) is 5.75 Å². The molecule has 2 N–H and O–H groups in total. The van der Waals surface area contributed by atoms with E-state index >= 15 is 0 Å². The molecule has 134 valence electrons. The van der Waals surface area contributed by atoms with Crippen molar-refractivity contribution in [3.05, 3.63) is 58.1 Å². The zero-order valence-electron chi connectivity index (χ0n) is 13.4. The Hall–Kier alpha value is -1.80. The van der Waals surface area contributed by atoms with Crippen molar-refractivity contribution in [1.29, 1.82) is 0 Å². The summed E-state index contributed by atoms with van der Waals surface area (Å²) in [6, 6.07) is 9.49. The first-order valence-corrected chi connectivity index (χ1v) is 9.34. The number of likely N-dealkylation sites (N-methyl/N-ethyl adjacent to an activating group) is 1. The van der Waals surface area contributed by atoms with E-state index in [9.17, 15) is 18.3 Å². The van der Waals surface area contributed by atoms with Gasteiger partial charge in [-0.05, 0) is 17.7 Å². The number of phenolic OH excluding ortho intramolecular Hbond substituents is 1. The minimum Gasteiger partial charge on any atom is -0.505 e. The maximum absolute atomic E-state index is 12.7. The molecule has 1 unspecified atom stereocenters. The molecule has 0 aliphatic rings. The highest BCUT2D eigenvalue weighted by Crippen LogP contribution is 2.34. The Morgan fingerprint density at radius 1 is 1.16 bits per heavy atom. The van der Waals surface area contributed by atoms with Gasteiger partial charge >= 0.3 is 0 Å². The summed E-state index contributed by atoms with van der Waals surface area (Å²) in [5.41, 5.74) is 0.456. The molecule has 0 heterocycles. The average molecular weight is 403 g/mol. The zero-order valence-corrected chi connectivity index (χ0v) is 15.7. The Balaban J connectivity index is 2.50. The van der Waals surface area contributed by atoms with E-state index in [1.54, 1.807) is 30.3 Å². The lowest BCUT2D eigenvalue weighted by Crippen LogP contribution is -2.39. The highest BCUT2D eigenvalue weighted by molar-refractivity contribution is 7.89. The van der Waals surface area contributed by atoms with E-state index in [0.717, 1.165) is 6.07 Å². The number of nitrogens with zero attached hydrogens (tertiary/aromatic N) is 1. The number of phenols is 1. The molecule has 0 aliphatic heterocycles. The van der Waals surface area contributed by atoms with Gasteiger partial charge in [0.1, 0.15) is 10.9 Å². The fourth-order valence-electron chi connectivity index (χ4n) is 2.13. The third-order valence-corrected chi connectivity index (χ3v) is 5.32. The quantitative estimate of drug-likeness (QED) is 0.804. The molecule has 1 amide bonds. The van der Waals surface area contributed by atoms with E-state index in [0.29, 0.717) is 5.56 Å². The van der Waals surface area contributed by atoms with Crippen LogP contribution in [0.3, 0.4) is 0 Å². The van der Waals surface area contributed by atoms with Gasteiger partial charge in [0.25, 0.3) is 0 Å². The first-order valence-electron chi connectivity index (χ1n) is 7.10. The van der Waals surface area contributed by atoms with Crippen LogP contribution in [0.4, 0.5) is 0 Å². The monoisotopic (exact) mass is 402 g/mol. The maximum Gasteiger partial charge on any atom is 0.245 e. The summed E-state index contributed by atoms with van der Waals surface area (Å²) in [5, 5.41) is 9.82. The van der Waals surface area contributed by atoms with Crippen LogP contribution in [0.2, 0.25) is 10.0 Å². The van der Waals surface area contributed by atoms with Crippen LogP contribution in [0.5, 0.6) is 5.75 Å². The average Bonchev–Trinajstić information content (AvgIpc) is 2.56. The Bertz CT molecular complexity index is 887. The molecule has 0 aliphatic carbocycles. The first kappa shape index (κ1) is 19.5. The number of carbonyl (C=O) groups is 1. The van der Waals surface area contributed by atoms with Gasteiger partial charge in [-0.3, -0.25) is 4.79 Å². The first-order chi connectivity index (χ1) is 11.6. The number of hydrogen-bond donors (Lipinski definition) is 2. The minimum absolute atomic E-state index is 0.0402. The largest absolute Gasteiger partial charge is 0.505 e. The number of halogens is 2. The molecule has 0 fully saturated rings. The number of amides is 1. The van der Waals surface area contributed by atoms with E-state index < -0.39 is 32.6 Å². The molecule has 2 aromatic rings. The summed E-state index contributed by atoms with van der Waals surface area (Å²) in [5.74, 6) is -1.11. The normalized spacial score (nSPS) is 12.6. The van der Waals surface area contributed by atoms with Crippen LogP contribution in [0.15, 0.2) is 47.4 Å². The smallest absolute Gasteiger partial charge is 0.245 e. The molecular formula is C16H16Cl2N2O4S. The number of hydrogen-bond acceptors (Lipinski definition) is 4. The number of carbonyl (C=O) groups excluding carboxylic acids is 1. The number of rotatable bonds is 5. The van der Waals surface area contributed by atoms with Gasteiger partial charge in [-0.2, -0.15) is 4.72 Å². The van der Waals surface area contributed by atoms with E-state index in [1.807, 2.05) is 0 Å². The van der Waals surface area contributed by atoms with E-state index in [-0.39, 0.29) is 10.0 Å². The Morgan fingerprint density at radius 2 is 1.76 bits per heavy atom. The van der Waals surface area contributed by atoms with Crippen molar-refractivity contribution < 1.29 is 18.3 Å². The predicted octanol–water partition coefficient (Wildman–Crippen LogP) is 2.81. The van der Waals surface area contributed by atoms with E-state index in [1.165, 1.54) is 25.1 Å². The van der Waals surface area contributed by atoms with Crippen molar-refractivity contribution >= 4 is 39.1 Å². The lowest BCUT2D eigenvalue weighted by Gasteiger charge is -2.22. The Kier molecular flexibility index (Phi) is 5.95. The van der Waals surface area contributed by atoms with Gasteiger partial charge in [-0.1, -0.05) is 53.5 Å². The molecule has 2 aromatic carbocycles. The van der Waals surface area contributed by atoms with Gasteiger partial charge in [0.05, 0.1) is 5.02 Å². The molecule has 0 saturated heterocycles. The van der Waals surface area contributed by atoms with Crippen LogP contribution in [-0.4, -0.2) is 38.4 Å². The minimum atomic E-state index is -4.28. The summed E-state index contributed by atoms with van der Waals surface area (Å²) in [4.78, 5) is 13.2. The summed E-state index contributed by atoms with van der Waals surface area (Å²) in [6.07, 6.45) is 0. The van der Waals surface area contributed by atoms with Gasteiger partial charge in [0, 0.05) is 19.1 Å². The topological polar surface area (TPSA) is 86.7 Å². The van der Waals surface area contributed by atoms with Gasteiger partial charge in [0.15, 0.2) is 5.75 Å². The molecule has 0 spiro atoms. The molecule has 6 nitrogen and oxygen atoms in total. The van der Waals surface area contributed by atoms with E-state index in [4.69, 9.17) is 23.2 Å². The van der Waals surface area contributed by atoms with Crippen molar-refractivity contribution in [2.45, 2.75) is 10.9 Å². The van der Waals surface area contributed by atoms with Crippen LogP contribution in [-0.2, 0) is 14.8 Å². The standard InChI is InChI=1S/C16H16Cl2N2O4S/c1-20(2)16(22)14(10-6-4-3-5-7-10)19-25(23,24)13-9-11(17)8-12(18)15(13)21/h3-9,14,19,21H,1-2H3. The Labute approximate surface area is 156 Å². The molecule has 1 atom stereocenters. The van der Waals surface area contributed by atoms with Gasteiger partial charge in [0.2, 0.25) is 15.9 Å². The second-order valence-electron chi connectivity index (χ2n) is 5.43. The summed E-state index contributed by atoms with van der Waals surface area (Å²) in [6.45, 7) is 0. The van der Waals surface area contributed by atoms with Gasteiger partial charge in [-0.15, -0.1) is 0 Å². The van der Waals surface area contributed by atoms with Crippen LogP contribution in [0.25, 0.3) is 0 Å². The molecule has 25 heavy (non-hydrogen) atoms. The second kappa shape index (κ2) is 7.61. The van der Waals surface area contributed by atoms with Crippen molar-refractivity contribution in [2.75, 3.05) is 14.1 Å². The van der Waals surface area contributed by atoms with Gasteiger partial charge < -0.3 is 10.0 Å². The van der Waals surface area contributed by atoms with E-state index in [2.05, 4.69) is 4.72 Å². The molecular weight excluding hydrogens is 387 g/mol. The van der Waals surface area contributed by atoms with Crippen molar-refractivity contribution in [3.63, 3.8) is 0 Å². The number of nitrogens with one attached hydrogen (secondary N) is 1. The SMILES string of the molecule is CN(C)C(=O)C(NS(=O)(=O)c1cc(Cl)cc(Cl)c1O)c1ccccc1. The predicted molar refractivity (Wildman–Crippen MR) is 96.3 cm³/mol. The molecule has 0 aromatic heterocycles. The highest BCUT2D eigenvalue weighted by Gasteiger charge is 2.30. The third kappa shape index (κ3) is 4.43. The molecule has 2 rings (SSSR count). The third-order valence-electron chi connectivity index (χ3n) is 3.38. The maximum atomic E-state index is 12.7. The number of aromatic hydroxyl groups is 1. The van der Waals surface area contributed by atoms with Crippen molar-refractivity contribution in [2.24, 2.45) is 0 Å². The lowest BCUT2D eigenvalue weighted by atomic mass is 10.1. The van der Waals surface area contributed by atoms with Crippen LogP contribution in [0, 0.1) is 0 Å². The van der Waals surface area contributed by atoms with Gasteiger partial charge in [-0.25, -0.2) is 8.42 Å². The van der Waals surface area contributed by atoms with Crippen molar-refractivity contribution in [1.82, 2.24) is 9.62 Å². The number of sulfonamides is 1. The van der Waals surface area contributed by atoms with Crippen LogP contribution < -0.4 is 4.72 Å². The van der Waals surface area contributed by atoms with Crippen LogP contribution >= 0.6 is 23.2 Å². The second-order valence-corrected chi connectivity index (χ2v) is 7.96. The summed E-state index contributed by atoms with van der Waals surface area (Å²) < 4.78 is 27.7. The Morgan fingerprint density at radius 3 is 2.32 bits per heavy atom. The highest BCUT2D eigenvalue weighted by atomic mass is 35.5. The fraction of sp³-hybridized carbons (Fsp3) is 0.188.